The highest BCUT2D eigenvalue weighted by atomic mass is 16.5. The van der Waals surface area contributed by atoms with E-state index in [1.54, 1.807) is 0 Å². The van der Waals surface area contributed by atoms with Gasteiger partial charge in [-0.15, -0.1) is 0 Å². The molecule has 2 nitrogen and oxygen atoms in total. The molecule has 1 aliphatic carbocycles. The van der Waals surface area contributed by atoms with Gasteiger partial charge in [0.2, 0.25) is 0 Å². The predicted molar refractivity (Wildman–Crippen MR) is 76.8 cm³/mol. The number of nitrogens with one attached hydrogen (secondary N) is 1. The van der Waals surface area contributed by atoms with E-state index in [-0.39, 0.29) is 0 Å². The van der Waals surface area contributed by atoms with Gasteiger partial charge in [0, 0.05) is 6.04 Å². The Morgan fingerprint density at radius 2 is 1.89 bits per heavy atom. The predicted octanol–water partition coefficient (Wildman–Crippen LogP) is 3.89. The van der Waals surface area contributed by atoms with Gasteiger partial charge < -0.3 is 10.1 Å². The highest BCUT2D eigenvalue weighted by Gasteiger charge is 2.40. The first-order valence-electron chi connectivity index (χ1n) is 8.00. The van der Waals surface area contributed by atoms with Crippen LogP contribution in [0.15, 0.2) is 0 Å². The number of ether oxygens (including phenoxy) is 1. The minimum Gasteiger partial charge on any atom is -0.372 e. The molecule has 1 spiro atoms. The SMILES string of the molecule is CNC(CCC1CCC2(CCCCC2)O1)C(C)C. The molecular formula is C16H31NO. The average molecular weight is 253 g/mol. The molecule has 18 heavy (non-hydrogen) atoms. The second-order valence-corrected chi connectivity index (χ2v) is 6.74. The Hall–Kier alpha value is -0.0800. The van der Waals surface area contributed by atoms with Crippen LogP contribution in [0.25, 0.3) is 0 Å². The van der Waals surface area contributed by atoms with Crippen LogP contribution in [0.3, 0.4) is 0 Å². The fourth-order valence-electron chi connectivity index (χ4n) is 3.84. The maximum Gasteiger partial charge on any atom is 0.0687 e. The van der Waals surface area contributed by atoms with E-state index in [1.165, 1.54) is 57.8 Å². The zero-order valence-corrected chi connectivity index (χ0v) is 12.5. The minimum absolute atomic E-state index is 0.301. The van der Waals surface area contributed by atoms with Crippen LogP contribution < -0.4 is 5.32 Å². The summed E-state index contributed by atoms with van der Waals surface area (Å²) in [5.41, 5.74) is 0.301. The van der Waals surface area contributed by atoms with Crippen LogP contribution in [0.1, 0.15) is 71.6 Å². The molecule has 0 aromatic carbocycles. The molecule has 1 saturated carbocycles. The van der Waals surface area contributed by atoms with Crippen molar-refractivity contribution in [2.75, 3.05) is 7.05 Å². The Morgan fingerprint density at radius 3 is 2.50 bits per heavy atom. The first-order chi connectivity index (χ1) is 8.65. The first-order valence-corrected chi connectivity index (χ1v) is 8.00. The fraction of sp³-hybridized carbons (Fsp3) is 1.00. The summed E-state index contributed by atoms with van der Waals surface area (Å²) in [6.07, 6.45) is 12.5. The van der Waals surface area contributed by atoms with E-state index in [1.807, 2.05) is 0 Å². The molecule has 2 unspecified atom stereocenters. The molecule has 2 fully saturated rings. The largest absolute Gasteiger partial charge is 0.372 e. The third-order valence-corrected chi connectivity index (χ3v) is 5.08. The molecule has 1 N–H and O–H groups in total. The van der Waals surface area contributed by atoms with Crippen LogP contribution in [0, 0.1) is 5.92 Å². The van der Waals surface area contributed by atoms with Crippen molar-refractivity contribution in [2.45, 2.75) is 89.4 Å². The van der Waals surface area contributed by atoms with Gasteiger partial charge in [-0.05, 0) is 51.5 Å². The molecule has 0 aromatic heterocycles. The molecule has 2 heteroatoms. The molecular weight excluding hydrogens is 222 g/mol. The van der Waals surface area contributed by atoms with Crippen LogP contribution >= 0.6 is 0 Å². The standard InChI is InChI=1S/C16H31NO/c1-13(2)15(17-3)8-7-14-9-12-16(18-14)10-5-4-6-11-16/h13-15,17H,4-12H2,1-3H3. The zero-order chi connectivity index (χ0) is 13.0. The summed E-state index contributed by atoms with van der Waals surface area (Å²) in [6, 6.07) is 0.650. The van der Waals surface area contributed by atoms with Gasteiger partial charge in [0.05, 0.1) is 11.7 Å². The van der Waals surface area contributed by atoms with Crippen LogP contribution in [-0.2, 0) is 4.74 Å². The van der Waals surface area contributed by atoms with E-state index in [4.69, 9.17) is 4.74 Å². The Balaban J connectivity index is 1.75. The number of hydrogen-bond acceptors (Lipinski definition) is 2. The highest BCUT2D eigenvalue weighted by molar-refractivity contribution is 4.91. The lowest BCUT2D eigenvalue weighted by atomic mass is 9.83. The van der Waals surface area contributed by atoms with Crippen LogP contribution in [0.2, 0.25) is 0 Å². The molecule has 1 heterocycles. The van der Waals surface area contributed by atoms with Gasteiger partial charge in [0.1, 0.15) is 0 Å². The second-order valence-electron chi connectivity index (χ2n) is 6.74. The Bertz CT molecular complexity index is 245. The molecule has 1 aliphatic heterocycles. The molecule has 2 atom stereocenters. The molecule has 0 radical (unpaired) electrons. The van der Waals surface area contributed by atoms with Crippen LogP contribution in [0.4, 0.5) is 0 Å². The van der Waals surface area contributed by atoms with Crippen molar-refractivity contribution in [2.24, 2.45) is 5.92 Å². The van der Waals surface area contributed by atoms with Crippen molar-refractivity contribution in [3.05, 3.63) is 0 Å². The lowest BCUT2D eigenvalue weighted by Gasteiger charge is -2.33. The van der Waals surface area contributed by atoms with Crippen molar-refractivity contribution < 1.29 is 4.74 Å². The molecule has 2 aliphatic rings. The van der Waals surface area contributed by atoms with Crippen molar-refractivity contribution in [3.63, 3.8) is 0 Å². The quantitative estimate of drug-likeness (QED) is 0.802. The first kappa shape index (κ1) is 14.3. The smallest absolute Gasteiger partial charge is 0.0687 e. The summed E-state index contributed by atoms with van der Waals surface area (Å²) in [4.78, 5) is 0. The van der Waals surface area contributed by atoms with Crippen molar-refractivity contribution >= 4 is 0 Å². The maximum absolute atomic E-state index is 6.44. The van der Waals surface area contributed by atoms with Gasteiger partial charge in [-0.1, -0.05) is 33.1 Å². The van der Waals surface area contributed by atoms with E-state index in [0.29, 0.717) is 17.7 Å². The third kappa shape index (κ3) is 3.48. The van der Waals surface area contributed by atoms with Gasteiger partial charge in [-0.3, -0.25) is 0 Å². The number of rotatable bonds is 5. The van der Waals surface area contributed by atoms with E-state index in [0.717, 1.165) is 5.92 Å². The van der Waals surface area contributed by atoms with Crippen LogP contribution in [-0.4, -0.2) is 24.8 Å². The summed E-state index contributed by atoms with van der Waals surface area (Å²) in [5.74, 6) is 0.722. The van der Waals surface area contributed by atoms with Crippen molar-refractivity contribution in [3.8, 4) is 0 Å². The topological polar surface area (TPSA) is 21.3 Å². The fourth-order valence-corrected chi connectivity index (χ4v) is 3.84. The lowest BCUT2D eigenvalue weighted by molar-refractivity contribution is -0.0667. The Morgan fingerprint density at radius 1 is 1.17 bits per heavy atom. The summed E-state index contributed by atoms with van der Waals surface area (Å²) in [5, 5.41) is 3.44. The Kier molecular flexibility index (Phi) is 5.08. The van der Waals surface area contributed by atoms with Gasteiger partial charge in [-0.2, -0.15) is 0 Å². The molecule has 106 valence electrons. The van der Waals surface area contributed by atoms with E-state index in [2.05, 4.69) is 26.2 Å². The van der Waals surface area contributed by atoms with Crippen molar-refractivity contribution in [1.82, 2.24) is 5.32 Å². The van der Waals surface area contributed by atoms with Crippen LogP contribution in [0.5, 0.6) is 0 Å². The van der Waals surface area contributed by atoms with Gasteiger partial charge in [-0.25, -0.2) is 0 Å². The molecule has 2 rings (SSSR count). The summed E-state index contributed by atoms with van der Waals surface area (Å²) >= 11 is 0. The second kappa shape index (κ2) is 6.38. The molecule has 1 saturated heterocycles. The average Bonchev–Trinajstić information content (AvgIpc) is 2.74. The monoisotopic (exact) mass is 253 g/mol. The third-order valence-electron chi connectivity index (χ3n) is 5.08. The van der Waals surface area contributed by atoms with Gasteiger partial charge >= 0.3 is 0 Å². The van der Waals surface area contributed by atoms with Gasteiger partial charge in [0.25, 0.3) is 0 Å². The highest BCUT2D eigenvalue weighted by Crippen LogP contribution is 2.42. The van der Waals surface area contributed by atoms with E-state index in [9.17, 15) is 0 Å². The lowest BCUT2D eigenvalue weighted by Crippen LogP contribution is -2.33. The normalized spacial score (nSPS) is 29.0. The van der Waals surface area contributed by atoms with Gasteiger partial charge in [0.15, 0.2) is 0 Å². The Labute approximate surface area is 113 Å². The molecule has 0 amide bonds. The summed E-state index contributed by atoms with van der Waals surface area (Å²) in [7, 11) is 2.09. The van der Waals surface area contributed by atoms with E-state index >= 15 is 0 Å². The summed E-state index contributed by atoms with van der Waals surface area (Å²) < 4.78 is 6.44. The minimum atomic E-state index is 0.301. The maximum atomic E-state index is 6.44. The summed E-state index contributed by atoms with van der Waals surface area (Å²) in [6.45, 7) is 4.61. The molecule has 0 aromatic rings. The zero-order valence-electron chi connectivity index (χ0n) is 12.5. The van der Waals surface area contributed by atoms with Crippen molar-refractivity contribution in [1.29, 1.82) is 0 Å². The number of hydrogen-bond donors (Lipinski definition) is 1. The van der Waals surface area contributed by atoms with E-state index < -0.39 is 0 Å². The molecule has 0 bridgehead atoms.